The Morgan fingerprint density at radius 3 is 2.67 bits per heavy atom. The van der Waals surface area contributed by atoms with Crippen LogP contribution in [0.1, 0.15) is 15.9 Å². The molecule has 0 spiro atoms. The van der Waals surface area contributed by atoms with Crippen LogP contribution in [0.15, 0.2) is 48.5 Å². The molecule has 0 saturated heterocycles. The number of benzene rings is 2. The third-order valence-corrected chi connectivity index (χ3v) is 2.73. The number of carbonyl (C=O) groups is 1. The van der Waals surface area contributed by atoms with E-state index in [0.29, 0.717) is 22.8 Å². The van der Waals surface area contributed by atoms with E-state index >= 15 is 0 Å². The highest BCUT2D eigenvalue weighted by molar-refractivity contribution is 6.30. The minimum absolute atomic E-state index is 0.153. The summed E-state index contributed by atoms with van der Waals surface area (Å²) in [5.74, 6) is -0.153. The quantitative estimate of drug-likeness (QED) is 0.834. The van der Waals surface area contributed by atoms with Crippen LogP contribution >= 0.6 is 11.6 Å². The molecule has 0 heterocycles. The number of anilines is 1. The topological polar surface area (TPSA) is 55.1 Å². The van der Waals surface area contributed by atoms with Gasteiger partial charge in [-0.25, -0.2) is 0 Å². The van der Waals surface area contributed by atoms with Crippen molar-refractivity contribution in [1.29, 1.82) is 0 Å². The lowest BCUT2D eigenvalue weighted by Gasteiger charge is -2.06. The lowest BCUT2D eigenvalue weighted by molar-refractivity contribution is 0.0951. The molecule has 0 aliphatic heterocycles. The smallest absolute Gasteiger partial charge is 0.251 e. The highest BCUT2D eigenvalue weighted by Gasteiger charge is 2.05. The first-order valence-corrected chi connectivity index (χ1v) is 5.91. The van der Waals surface area contributed by atoms with Gasteiger partial charge in [0.2, 0.25) is 0 Å². The molecule has 0 radical (unpaired) electrons. The van der Waals surface area contributed by atoms with Gasteiger partial charge in [-0.3, -0.25) is 4.79 Å². The van der Waals surface area contributed by atoms with Gasteiger partial charge in [0.25, 0.3) is 5.91 Å². The summed E-state index contributed by atoms with van der Waals surface area (Å²) >= 11 is 5.83. The summed E-state index contributed by atoms with van der Waals surface area (Å²) in [6.45, 7) is 0.441. The second-order valence-corrected chi connectivity index (χ2v) is 4.37. The maximum absolute atomic E-state index is 11.9. The van der Waals surface area contributed by atoms with E-state index in [1.165, 1.54) is 0 Å². The van der Waals surface area contributed by atoms with Crippen LogP contribution in [0.3, 0.4) is 0 Å². The Balaban J connectivity index is 2.00. The van der Waals surface area contributed by atoms with Crippen molar-refractivity contribution in [1.82, 2.24) is 5.32 Å². The molecular formula is C14H13ClN2O. The van der Waals surface area contributed by atoms with Crippen molar-refractivity contribution >= 4 is 23.2 Å². The third-order valence-electron chi connectivity index (χ3n) is 2.49. The Bertz CT molecular complexity index is 569. The molecule has 0 fully saturated rings. The fourth-order valence-corrected chi connectivity index (χ4v) is 1.81. The zero-order valence-corrected chi connectivity index (χ0v) is 10.4. The van der Waals surface area contributed by atoms with Gasteiger partial charge in [-0.15, -0.1) is 0 Å². The first kappa shape index (κ1) is 12.5. The molecule has 0 unspecified atom stereocenters. The Kier molecular flexibility index (Phi) is 3.85. The predicted molar refractivity (Wildman–Crippen MR) is 73.5 cm³/mol. The minimum Gasteiger partial charge on any atom is -0.399 e. The van der Waals surface area contributed by atoms with E-state index < -0.39 is 0 Å². The molecule has 0 bridgehead atoms. The Morgan fingerprint density at radius 2 is 1.94 bits per heavy atom. The summed E-state index contributed by atoms with van der Waals surface area (Å²) in [5, 5.41) is 3.36. The minimum atomic E-state index is -0.153. The fourth-order valence-electron chi connectivity index (χ4n) is 1.62. The maximum Gasteiger partial charge on any atom is 0.251 e. The summed E-state index contributed by atoms with van der Waals surface area (Å²) in [7, 11) is 0. The van der Waals surface area contributed by atoms with Gasteiger partial charge in [0.15, 0.2) is 0 Å². The van der Waals surface area contributed by atoms with Gasteiger partial charge in [0.1, 0.15) is 0 Å². The number of halogens is 1. The number of nitrogen functional groups attached to an aromatic ring is 1. The number of nitrogens with two attached hydrogens (primary N) is 1. The van der Waals surface area contributed by atoms with Crippen molar-refractivity contribution < 1.29 is 4.79 Å². The van der Waals surface area contributed by atoms with Crippen LogP contribution < -0.4 is 11.1 Å². The summed E-state index contributed by atoms with van der Waals surface area (Å²) in [6, 6.07) is 14.2. The molecule has 0 aliphatic rings. The van der Waals surface area contributed by atoms with Gasteiger partial charge in [0, 0.05) is 22.8 Å². The standard InChI is InChI=1S/C14H13ClN2O/c15-12-5-2-4-11(8-12)14(18)17-9-10-3-1-6-13(16)7-10/h1-8H,9,16H2,(H,17,18). The van der Waals surface area contributed by atoms with Crippen molar-refractivity contribution in [2.24, 2.45) is 0 Å². The van der Waals surface area contributed by atoms with Gasteiger partial charge in [-0.1, -0.05) is 29.8 Å². The highest BCUT2D eigenvalue weighted by Crippen LogP contribution is 2.11. The maximum atomic E-state index is 11.9. The van der Waals surface area contributed by atoms with E-state index in [0.717, 1.165) is 5.56 Å². The van der Waals surface area contributed by atoms with Crippen LogP contribution in [0.25, 0.3) is 0 Å². The molecule has 0 aromatic heterocycles. The van der Waals surface area contributed by atoms with Crippen molar-refractivity contribution in [3.8, 4) is 0 Å². The second kappa shape index (κ2) is 5.56. The normalized spacial score (nSPS) is 10.1. The van der Waals surface area contributed by atoms with Crippen LogP contribution in [-0.4, -0.2) is 5.91 Å². The number of hydrogen-bond donors (Lipinski definition) is 2. The lowest BCUT2D eigenvalue weighted by Crippen LogP contribution is -2.22. The zero-order valence-electron chi connectivity index (χ0n) is 9.69. The molecule has 3 nitrogen and oxygen atoms in total. The van der Waals surface area contributed by atoms with Gasteiger partial charge in [-0.05, 0) is 35.9 Å². The van der Waals surface area contributed by atoms with Crippen molar-refractivity contribution in [2.45, 2.75) is 6.54 Å². The van der Waals surface area contributed by atoms with E-state index in [4.69, 9.17) is 17.3 Å². The highest BCUT2D eigenvalue weighted by atomic mass is 35.5. The molecule has 0 atom stereocenters. The molecule has 0 saturated carbocycles. The molecular weight excluding hydrogens is 248 g/mol. The van der Waals surface area contributed by atoms with Gasteiger partial charge >= 0.3 is 0 Å². The molecule has 2 rings (SSSR count). The number of hydrogen-bond acceptors (Lipinski definition) is 2. The van der Waals surface area contributed by atoms with Crippen LogP contribution in [-0.2, 0) is 6.54 Å². The van der Waals surface area contributed by atoms with Crippen LogP contribution in [0, 0.1) is 0 Å². The number of carbonyl (C=O) groups excluding carboxylic acids is 1. The summed E-state index contributed by atoms with van der Waals surface area (Å²) < 4.78 is 0. The first-order valence-electron chi connectivity index (χ1n) is 5.53. The molecule has 2 aromatic carbocycles. The predicted octanol–water partition coefficient (Wildman–Crippen LogP) is 2.85. The largest absolute Gasteiger partial charge is 0.399 e. The average molecular weight is 261 g/mol. The van der Waals surface area contributed by atoms with E-state index in [1.54, 1.807) is 24.3 Å². The van der Waals surface area contributed by atoms with E-state index in [1.807, 2.05) is 24.3 Å². The fraction of sp³-hybridized carbons (Fsp3) is 0.0714. The summed E-state index contributed by atoms with van der Waals surface area (Å²) in [5.41, 5.74) is 7.86. The Labute approximate surface area is 111 Å². The van der Waals surface area contributed by atoms with Gasteiger partial charge < -0.3 is 11.1 Å². The van der Waals surface area contributed by atoms with Crippen LogP contribution in [0.2, 0.25) is 5.02 Å². The van der Waals surface area contributed by atoms with Crippen LogP contribution in [0.5, 0.6) is 0 Å². The molecule has 92 valence electrons. The molecule has 2 aromatic rings. The lowest BCUT2D eigenvalue weighted by atomic mass is 10.2. The number of nitrogens with one attached hydrogen (secondary N) is 1. The number of rotatable bonds is 3. The first-order chi connectivity index (χ1) is 8.65. The zero-order chi connectivity index (χ0) is 13.0. The van der Waals surface area contributed by atoms with Crippen molar-refractivity contribution in [2.75, 3.05) is 5.73 Å². The third kappa shape index (κ3) is 3.25. The summed E-state index contributed by atoms with van der Waals surface area (Å²) in [6.07, 6.45) is 0. The average Bonchev–Trinajstić information content (AvgIpc) is 2.36. The molecule has 0 aliphatic carbocycles. The second-order valence-electron chi connectivity index (χ2n) is 3.94. The molecule has 18 heavy (non-hydrogen) atoms. The SMILES string of the molecule is Nc1cccc(CNC(=O)c2cccc(Cl)c2)c1. The Morgan fingerprint density at radius 1 is 1.17 bits per heavy atom. The van der Waals surface area contributed by atoms with Crippen LogP contribution in [0.4, 0.5) is 5.69 Å². The van der Waals surface area contributed by atoms with Gasteiger partial charge in [0.05, 0.1) is 0 Å². The van der Waals surface area contributed by atoms with E-state index in [2.05, 4.69) is 5.32 Å². The van der Waals surface area contributed by atoms with Crippen molar-refractivity contribution in [3.05, 3.63) is 64.7 Å². The van der Waals surface area contributed by atoms with E-state index in [-0.39, 0.29) is 5.91 Å². The van der Waals surface area contributed by atoms with Gasteiger partial charge in [-0.2, -0.15) is 0 Å². The Hall–Kier alpha value is -2.00. The molecule has 3 N–H and O–H groups in total. The molecule has 4 heteroatoms. The number of amides is 1. The van der Waals surface area contributed by atoms with E-state index in [9.17, 15) is 4.79 Å². The molecule has 1 amide bonds. The van der Waals surface area contributed by atoms with Crippen molar-refractivity contribution in [3.63, 3.8) is 0 Å². The monoisotopic (exact) mass is 260 g/mol. The summed E-state index contributed by atoms with van der Waals surface area (Å²) in [4.78, 5) is 11.9.